The van der Waals surface area contributed by atoms with E-state index < -0.39 is 0 Å². The third-order valence-corrected chi connectivity index (χ3v) is 4.91. The van der Waals surface area contributed by atoms with Gasteiger partial charge in [0.15, 0.2) is 0 Å². The van der Waals surface area contributed by atoms with Crippen molar-refractivity contribution in [2.45, 2.75) is 0 Å². The third-order valence-electron chi connectivity index (χ3n) is 4.91. The standard InChI is InChI=1S/2C12H8N3O.Fe/c2*16-12(9-5-1-2-6-9)15-11-8-4-3-7-10(11)13-14-15;/h2*1-8H;/q;;+2. The summed E-state index contributed by atoms with van der Waals surface area (Å²) in [7, 11) is 0. The second kappa shape index (κ2) is 10.4. The number of hydrogen-bond acceptors (Lipinski definition) is 6. The van der Waals surface area contributed by atoms with Crippen LogP contribution in [0, 0.1) is 63.2 Å². The summed E-state index contributed by atoms with van der Waals surface area (Å²) in [5.74, 6) is 0.934. The zero-order valence-corrected chi connectivity index (χ0v) is 18.2. The van der Waals surface area contributed by atoms with Gasteiger partial charge in [0, 0.05) is 0 Å². The van der Waals surface area contributed by atoms with Gasteiger partial charge in [0.2, 0.25) is 0 Å². The molecule has 0 unspecified atom stereocenters. The maximum Gasteiger partial charge on any atom is 2.00 e. The predicted octanol–water partition coefficient (Wildman–Crippen LogP) is 2.95. The van der Waals surface area contributed by atoms with Gasteiger partial charge in [-0.1, -0.05) is 34.7 Å². The monoisotopic (exact) mass is 476 g/mol. The van der Waals surface area contributed by atoms with Crippen LogP contribution in [0.15, 0.2) is 48.5 Å². The van der Waals surface area contributed by atoms with E-state index in [0.717, 1.165) is 22.1 Å². The molecule has 2 aliphatic carbocycles. The molecule has 8 nitrogen and oxygen atoms in total. The zero-order valence-electron chi connectivity index (χ0n) is 17.1. The van der Waals surface area contributed by atoms with Gasteiger partial charge in [0.1, 0.15) is 11.0 Å². The van der Waals surface area contributed by atoms with Crippen molar-refractivity contribution in [3.05, 3.63) is 112 Å². The quantitative estimate of drug-likeness (QED) is 0.413. The second-order valence-electron chi connectivity index (χ2n) is 6.94. The van der Waals surface area contributed by atoms with Crippen molar-refractivity contribution >= 4 is 33.9 Å². The van der Waals surface area contributed by atoms with E-state index in [0.29, 0.717) is 11.8 Å². The first-order valence-electron chi connectivity index (χ1n) is 9.86. The molecule has 2 fully saturated rings. The van der Waals surface area contributed by atoms with Gasteiger partial charge in [-0.3, -0.25) is 9.59 Å². The molecule has 0 N–H and O–H groups in total. The SMILES string of the molecule is O=C([C]1[CH][CH][CH][CH]1)n1nnc2ccccc21.O=C([C]1[CH][CH][CH][CH]1)n1nnc2ccccc21.[Fe+2]. The molecule has 10 radical (unpaired) electrons. The smallest absolute Gasteiger partial charge is 0.272 e. The van der Waals surface area contributed by atoms with Crippen LogP contribution in [0.1, 0.15) is 9.59 Å². The van der Waals surface area contributed by atoms with Gasteiger partial charge in [0.25, 0.3) is 11.8 Å². The van der Waals surface area contributed by atoms with Gasteiger partial charge in [-0.2, -0.15) is 9.36 Å². The summed E-state index contributed by atoms with van der Waals surface area (Å²) in [5.41, 5.74) is 2.91. The van der Waals surface area contributed by atoms with Crippen molar-refractivity contribution in [3.8, 4) is 0 Å². The van der Waals surface area contributed by atoms with Crippen molar-refractivity contribution in [3.63, 3.8) is 0 Å². The van der Waals surface area contributed by atoms with Crippen LogP contribution in [0.3, 0.4) is 0 Å². The fourth-order valence-electron chi connectivity index (χ4n) is 3.32. The Morgan fingerprint density at radius 2 is 0.939 bits per heavy atom. The largest absolute Gasteiger partial charge is 2.00 e. The van der Waals surface area contributed by atoms with E-state index >= 15 is 0 Å². The van der Waals surface area contributed by atoms with E-state index in [4.69, 9.17) is 0 Å². The van der Waals surface area contributed by atoms with Crippen LogP contribution in [0.4, 0.5) is 0 Å². The summed E-state index contributed by atoms with van der Waals surface area (Å²) >= 11 is 0. The minimum Gasteiger partial charge on any atom is -0.272 e. The Hall–Kier alpha value is -2.90. The summed E-state index contributed by atoms with van der Waals surface area (Å²) in [6.07, 6.45) is 14.4. The Morgan fingerprint density at radius 3 is 1.33 bits per heavy atom. The number of benzene rings is 2. The summed E-state index contributed by atoms with van der Waals surface area (Å²) in [6.45, 7) is 0. The van der Waals surface area contributed by atoms with Crippen LogP contribution in [0.25, 0.3) is 22.1 Å². The van der Waals surface area contributed by atoms with E-state index in [1.165, 1.54) is 9.36 Å². The number of nitrogens with zero attached hydrogens (tertiary/aromatic N) is 6. The maximum absolute atomic E-state index is 12.0. The van der Waals surface area contributed by atoms with Crippen LogP contribution in [0.5, 0.6) is 0 Å². The molecular formula is C24H16FeN6O2+2. The molecule has 2 aromatic carbocycles. The summed E-state index contributed by atoms with van der Waals surface area (Å²) in [4.78, 5) is 24.1. The third kappa shape index (κ3) is 4.75. The molecule has 0 atom stereocenters. The maximum atomic E-state index is 12.0. The van der Waals surface area contributed by atoms with Crippen molar-refractivity contribution in [2.75, 3.05) is 0 Å². The molecule has 0 saturated heterocycles. The Morgan fingerprint density at radius 1 is 0.576 bits per heavy atom. The van der Waals surface area contributed by atoms with Gasteiger partial charge in [-0.15, -0.1) is 10.2 Å². The first-order valence-corrected chi connectivity index (χ1v) is 9.86. The van der Waals surface area contributed by atoms with E-state index in [9.17, 15) is 9.59 Å². The molecule has 0 bridgehead atoms. The molecule has 2 heterocycles. The van der Waals surface area contributed by atoms with E-state index in [1.54, 1.807) is 25.7 Å². The van der Waals surface area contributed by atoms with Crippen LogP contribution in [-0.2, 0) is 17.1 Å². The van der Waals surface area contributed by atoms with E-state index in [-0.39, 0.29) is 28.9 Å². The van der Waals surface area contributed by atoms with Crippen molar-refractivity contribution in [1.29, 1.82) is 0 Å². The molecule has 33 heavy (non-hydrogen) atoms. The average molecular weight is 476 g/mol. The van der Waals surface area contributed by atoms with Gasteiger partial charge in [0.05, 0.1) is 22.9 Å². The molecule has 2 aliphatic rings. The van der Waals surface area contributed by atoms with Crippen LogP contribution >= 0.6 is 0 Å². The van der Waals surface area contributed by atoms with E-state index in [1.807, 2.05) is 74.2 Å². The van der Waals surface area contributed by atoms with Crippen LogP contribution < -0.4 is 0 Å². The van der Waals surface area contributed by atoms with Gasteiger partial charge in [-0.25, -0.2) is 0 Å². The van der Waals surface area contributed by atoms with Crippen LogP contribution in [-0.4, -0.2) is 41.8 Å². The Bertz CT molecular complexity index is 1160. The number of carbonyl (C=O) groups is 2. The van der Waals surface area contributed by atoms with Gasteiger partial charge in [-0.05, 0) is 75.6 Å². The van der Waals surface area contributed by atoms with Crippen LogP contribution in [0.2, 0.25) is 0 Å². The second-order valence-corrected chi connectivity index (χ2v) is 6.94. The Kier molecular flexibility index (Phi) is 7.30. The molecule has 9 heteroatoms. The molecule has 0 amide bonds. The number of aromatic nitrogens is 6. The molecule has 0 aliphatic heterocycles. The average Bonchev–Trinajstić information content (AvgIpc) is 3.64. The molecule has 160 valence electrons. The molecular weight excluding hydrogens is 460 g/mol. The normalized spacial score (nSPS) is 16.5. The number of hydrogen-bond donors (Lipinski definition) is 0. The summed E-state index contributed by atoms with van der Waals surface area (Å²) < 4.78 is 2.65. The van der Waals surface area contributed by atoms with Gasteiger partial charge >= 0.3 is 17.1 Å². The summed E-state index contributed by atoms with van der Waals surface area (Å²) in [6, 6.07) is 14.8. The fraction of sp³-hybridized carbons (Fsp3) is 0. The van der Waals surface area contributed by atoms with Crippen molar-refractivity contribution < 1.29 is 26.7 Å². The number of fused-ring (bicyclic) bond motifs is 2. The van der Waals surface area contributed by atoms with Crippen molar-refractivity contribution in [2.24, 2.45) is 0 Å². The first kappa shape index (κ1) is 23.3. The molecule has 2 aromatic heterocycles. The number of para-hydroxylation sites is 2. The Labute approximate surface area is 202 Å². The number of rotatable bonds is 2. The molecule has 2 saturated carbocycles. The molecule has 6 rings (SSSR count). The molecule has 4 aromatic rings. The first-order chi connectivity index (χ1) is 15.7. The number of carbonyl (C=O) groups excluding carboxylic acids is 2. The zero-order chi connectivity index (χ0) is 21.9. The minimum absolute atomic E-state index is 0. The minimum atomic E-state index is -0.154. The van der Waals surface area contributed by atoms with E-state index in [2.05, 4.69) is 20.6 Å². The van der Waals surface area contributed by atoms with Gasteiger partial charge < -0.3 is 0 Å². The Balaban J connectivity index is 0.000000152. The summed E-state index contributed by atoms with van der Waals surface area (Å²) in [5, 5.41) is 15.6. The fourth-order valence-corrected chi connectivity index (χ4v) is 3.32. The van der Waals surface area contributed by atoms with Crippen molar-refractivity contribution in [1.82, 2.24) is 30.0 Å². The predicted molar refractivity (Wildman–Crippen MR) is 117 cm³/mol. The topological polar surface area (TPSA) is 95.6 Å². The molecule has 0 spiro atoms.